The molecule has 132 valence electrons. The molecule has 0 aliphatic carbocycles. The third-order valence-corrected chi connectivity index (χ3v) is 4.51. The maximum Gasteiger partial charge on any atom is 0.308 e. The summed E-state index contributed by atoms with van der Waals surface area (Å²) >= 11 is 0. The quantitative estimate of drug-likeness (QED) is 0.830. The van der Waals surface area contributed by atoms with Crippen molar-refractivity contribution in [3.8, 4) is 5.75 Å². The number of benzene rings is 1. The van der Waals surface area contributed by atoms with Crippen LogP contribution in [0.25, 0.3) is 0 Å². The highest BCUT2D eigenvalue weighted by Crippen LogP contribution is 2.34. The molecule has 1 saturated heterocycles. The van der Waals surface area contributed by atoms with E-state index in [1.165, 1.54) is 4.68 Å². The summed E-state index contributed by atoms with van der Waals surface area (Å²) in [5, 5.41) is 20.6. The van der Waals surface area contributed by atoms with Crippen molar-refractivity contribution < 1.29 is 19.4 Å². The minimum Gasteiger partial charge on any atom is -0.497 e. The summed E-state index contributed by atoms with van der Waals surface area (Å²) in [6, 6.07) is 7.31. The zero-order valence-corrected chi connectivity index (χ0v) is 14.0. The smallest absolute Gasteiger partial charge is 0.308 e. The Morgan fingerprint density at radius 3 is 2.80 bits per heavy atom. The molecule has 3 rings (SSSR count). The molecule has 0 saturated carbocycles. The SMILES string of the molecule is COc1cccc(C2CN(C(=O)Cn3nnnc3C)CC2C(=O)O)c1. The molecule has 1 fully saturated rings. The van der Waals surface area contributed by atoms with E-state index in [9.17, 15) is 14.7 Å². The molecule has 1 aliphatic rings. The first-order valence-electron chi connectivity index (χ1n) is 7.87. The third kappa shape index (κ3) is 3.44. The summed E-state index contributed by atoms with van der Waals surface area (Å²) < 4.78 is 6.61. The van der Waals surface area contributed by atoms with Gasteiger partial charge in [-0.15, -0.1) is 5.10 Å². The van der Waals surface area contributed by atoms with Crippen LogP contribution in [0.15, 0.2) is 24.3 Å². The van der Waals surface area contributed by atoms with Gasteiger partial charge in [-0.3, -0.25) is 9.59 Å². The minimum atomic E-state index is -0.915. The van der Waals surface area contributed by atoms with Crippen molar-refractivity contribution >= 4 is 11.9 Å². The summed E-state index contributed by atoms with van der Waals surface area (Å²) in [5.74, 6) is -0.867. The molecule has 2 heterocycles. The number of nitrogens with zero attached hydrogens (tertiary/aromatic N) is 5. The first-order valence-corrected chi connectivity index (χ1v) is 7.87. The Kier molecular flexibility index (Phi) is 4.64. The lowest BCUT2D eigenvalue weighted by Gasteiger charge is -2.17. The van der Waals surface area contributed by atoms with Crippen molar-refractivity contribution in [3.63, 3.8) is 0 Å². The first-order chi connectivity index (χ1) is 12.0. The van der Waals surface area contributed by atoms with Crippen LogP contribution < -0.4 is 4.74 Å². The van der Waals surface area contributed by atoms with Gasteiger partial charge in [-0.25, -0.2) is 4.68 Å². The number of amides is 1. The second kappa shape index (κ2) is 6.88. The van der Waals surface area contributed by atoms with Gasteiger partial charge >= 0.3 is 5.97 Å². The molecular formula is C16H19N5O4. The Labute approximate surface area is 144 Å². The lowest BCUT2D eigenvalue weighted by atomic mass is 9.89. The van der Waals surface area contributed by atoms with Gasteiger partial charge in [-0.2, -0.15) is 0 Å². The number of hydrogen-bond donors (Lipinski definition) is 1. The molecule has 2 unspecified atom stereocenters. The van der Waals surface area contributed by atoms with E-state index in [1.807, 2.05) is 18.2 Å². The molecule has 9 nitrogen and oxygen atoms in total. The topological polar surface area (TPSA) is 110 Å². The molecule has 0 bridgehead atoms. The predicted octanol–water partition coefficient (Wildman–Crippen LogP) is 0.317. The maximum absolute atomic E-state index is 12.5. The largest absolute Gasteiger partial charge is 0.497 e. The fraction of sp³-hybridized carbons (Fsp3) is 0.438. The Morgan fingerprint density at radius 1 is 1.36 bits per heavy atom. The standard InChI is InChI=1S/C16H19N5O4/c1-10-17-18-19-21(10)9-15(22)20-7-13(14(8-20)16(23)24)11-4-3-5-12(6-11)25-2/h3-6,13-14H,7-9H2,1-2H3,(H,23,24). The summed E-state index contributed by atoms with van der Waals surface area (Å²) in [6.07, 6.45) is 0. The third-order valence-electron chi connectivity index (χ3n) is 4.51. The Balaban J connectivity index is 1.79. The molecule has 25 heavy (non-hydrogen) atoms. The highest BCUT2D eigenvalue weighted by Gasteiger charge is 2.40. The minimum absolute atomic E-state index is 0.00397. The number of carbonyl (C=O) groups excluding carboxylic acids is 1. The molecule has 2 aromatic rings. The Bertz CT molecular complexity index is 790. The lowest BCUT2D eigenvalue weighted by molar-refractivity contribution is -0.141. The Hall–Kier alpha value is -2.97. The van der Waals surface area contributed by atoms with Crippen molar-refractivity contribution in [1.82, 2.24) is 25.1 Å². The van der Waals surface area contributed by atoms with Crippen LogP contribution in [-0.2, 0) is 16.1 Å². The molecule has 1 N–H and O–H groups in total. The van der Waals surface area contributed by atoms with E-state index >= 15 is 0 Å². The molecule has 0 radical (unpaired) electrons. The number of rotatable bonds is 5. The van der Waals surface area contributed by atoms with E-state index in [1.54, 1.807) is 25.0 Å². The van der Waals surface area contributed by atoms with Gasteiger partial charge in [0.1, 0.15) is 18.1 Å². The average molecular weight is 345 g/mol. The van der Waals surface area contributed by atoms with Crippen LogP contribution in [0.2, 0.25) is 0 Å². The van der Waals surface area contributed by atoms with Crippen molar-refractivity contribution in [3.05, 3.63) is 35.7 Å². The summed E-state index contributed by atoms with van der Waals surface area (Å²) in [6.45, 7) is 2.20. The van der Waals surface area contributed by atoms with Crippen molar-refractivity contribution in [2.45, 2.75) is 19.4 Å². The number of carboxylic acid groups (broad SMARTS) is 1. The van der Waals surface area contributed by atoms with Gasteiger partial charge in [0, 0.05) is 19.0 Å². The van der Waals surface area contributed by atoms with Crippen LogP contribution >= 0.6 is 0 Å². The predicted molar refractivity (Wildman–Crippen MR) is 86.0 cm³/mol. The van der Waals surface area contributed by atoms with Gasteiger partial charge < -0.3 is 14.7 Å². The number of hydrogen-bond acceptors (Lipinski definition) is 6. The number of ether oxygens (including phenoxy) is 1. The number of aryl methyl sites for hydroxylation is 1. The molecule has 9 heteroatoms. The fourth-order valence-electron chi connectivity index (χ4n) is 3.09. The van der Waals surface area contributed by atoms with Crippen LogP contribution in [0.3, 0.4) is 0 Å². The van der Waals surface area contributed by atoms with Gasteiger partial charge in [0.2, 0.25) is 5.91 Å². The van der Waals surface area contributed by atoms with Crippen molar-refractivity contribution in [2.24, 2.45) is 5.92 Å². The van der Waals surface area contributed by atoms with Gasteiger partial charge in [0.15, 0.2) is 0 Å². The van der Waals surface area contributed by atoms with Crippen LogP contribution in [0, 0.1) is 12.8 Å². The van der Waals surface area contributed by atoms with E-state index in [4.69, 9.17) is 4.74 Å². The fourth-order valence-corrected chi connectivity index (χ4v) is 3.09. The highest BCUT2D eigenvalue weighted by molar-refractivity contribution is 5.79. The molecule has 0 spiro atoms. The number of methoxy groups -OCH3 is 1. The second-order valence-corrected chi connectivity index (χ2v) is 6.01. The zero-order valence-electron chi connectivity index (χ0n) is 14.0. The lowest BCUT2D eigenvalue weighted by Crippen LogP contribution is -2.33. The van der Waals surface area contributed by atoms with E-state index in [0.29, 0.717) is 18.1 Å². The maximum atomic E-state index is 12.5. The van der Waals surface area contributed by atoms with Crippen LogP contribution in [0.5, 0.6) is 5.75 Å². The van der Waals surface area contributed by atoms with Gasteiger partial charge in [-0.05, 0) is 35.0 Å². The monoisotopic (exact) mass is 345 g/mol. The number of carboxylic acids is 1. The number of tetrazole rings is 1. The summed E-state index contributed by atoms with van der Waals surface area (Å²) in [7, 11) is 1.56. The number of aromatic nitrogens is 4. The molecular weight excluding hydrogens is 326 g/mol. The van der Waals surface area contributed by atoms with Crippen molar-refractivity contribution in [1.29, 1.82) is 0 Å². The molecule has 1 aliphatic heterocycles. The molecule has 2 atom stereocenters. The Morgan fingerprint density at radius 2 is 2.16 bits per heavy atom. The highest BCUT2D eigenvalue weighted by atomic mass is 16.5. The summed E-state index contributed by atoms with van der Waals surface area (Å²) in [5.41, 5.74) is 0.848. The van der Waals surface area contributed by atoms with Crippen LogP contribution in [0.4, 0.5) is 0 Å². The van der Waals surface area contributed by atoms with Gasteiger partial charge in [-0.1, -0.05) is 12.1 Å². The first kappa shape index (κ1) is 16.9. The number of carbonyl (C=O) groups is 2. The van der Waals surface area contributed by atoms with E-state index < -0.39 is 11.9 Å². The average Bonchev–Trinajstić information content (AvgIpc) is 3.22. The molecule has 1 aromatic heterocycles. The molecule has 1 aromatic carbocycles. The number of aliphatic carboxylic acids is 1. The normalized spacial score (nSPS) is 19.8. The van der Waals surface area contributed by atoms with E-state index in [0.717, 1.165) is 5.56 Å². The van der Waals surface area contributed by atoms with Crippen LogP contribution in [0.1, 0.15) is 17.3 Å². The zero-order chi connectivity index (χ0) is 18.0. The summed E-state index contributed by atoms with van der Waals surface area (Å²) in [4.78, 5) is 25.8. The molecule has 1 amide bonds. The van der Waals surface area contributed by atoms with Crippen LogP contribution in [-0.4, -0.2) is 62.3 Å². The van der Waals surface area contributed by atoms with E-state index in [-0.39, 0.29) is 24.9 Å². The van der Waals surface area contributed by atoms with Crippen molar-refractivity contribution in [2.75, 3.05) is 20.2 Å². The van der Waals surface area contributed by atoms with E-state index in [2.05, 4.69) is 15.5 Å². The van der Waals surface area contributed by atoms with Gasteiger partial charge in [0.05, 0.1) is 13.0 Å². The van der Waals surface area contributed by atoms with Gasteiger partial charge in [0.25, 0.3) is 0 Å². The second-order valence-electron chi connectivity index (χ2n) is 6.01. The number of likely N-dealkylation sites (tertiary alicyclic amines) is 1.